The highest BCUT2D eigenvalue weighted by Gasteiger charge is 2.24. The molecule has 0 fully saturated rings. The fourth-order valence-electron chi connectivity index (χ4n) is 1.73. The van der Waals surface area contributed by atoms with Crippen molar-refractivity contribution in [3.8, 4) is 5.75 Å². The van der Waals surface area contributed by atoms with Crippen LogP contribution < -0.4 is 10.1 Å². The van der Waals surface area contributed by atoms with Gasteiger partial charge >= 0.3 is 5.69 Å². The molecule has 0 saturated carbocycles. The number of methoxy groups -OCH3 is 1. The number of hydrogen-bond acceptors (Lipinski definition) is 5. The Kier molecular flexibility index (Phi) is 2.57. The predicted molar refractivity (Wildman–Crippen MR) is 55.7 cm³/mol. The van der Waals surface area contributed by atoms with Gasteiger partial charge in [-0.05, 0) is 11.6 Å². The monoisotopic (exact) mass is 222 g/mol. The second kappa shape index (κ2) is 3.90. The number of nitro benzene ring substituents is 1. The van der Waals surface area contributed by atoms with Gasteiger partial charge in [-0.15, -0.1) is 0 Å². The Morgan fingerprint density at radius 1 is 1.44 bits per heavy atom. The molecule has 0 aliphatic carbocycles. The Bertz CT molecular complexity index is 459. The van der Waals surface area contributed by atoms with E-state index in [1.807, 2.05) is 0 Å². The first-order chi connectivity index (χ1) is 7.63. The largest absolute Gasteiger partial charge is 0.490 e. The van der Waals surface area contributed by atoms with Crippen molar-refractivity contribution >= 4 is 11.5 Å². The Morgan fingerprint density at radius 2 is 2.19 bits per heavy atom. The number of nitrogens with zero attached hydrogens (tertiary/aromatic N) is 1. The van der Waals surface area contributed by atoms with Crippen molar-refractivity contribution in [3.63, 3.8) is 0 Å². The van der Waals surface area contributed by atoms with Gasteiger partial charge in [0.15, 0.2) is 11.5 Å². The molecule has 6 heteroatoms. The standard InChI is InChI=1S/C10H10N2O4/c1-16-10-2-6-4-11-5-9(13)7(6)3-8(10)12(14)15/h2-3,11H,4-5H2,1H3. The number of fused-ring (bicyclic) bond motifs is 1. The van der Waals surface area contributed by atoms with Crippen LogP contribution in [0.4, 0.5) is 5.69 Å². The van der Waals surface area contributed by atoms with Crippen molar-refractivity contribution in [1.29, 1.82) is 0 Å². The average molecular weight is 222 g/mol. The predicted octanol–water partition coefficient (Wildman–Crippen LogP) is 0.889. The van der Waals surface area contributed by atoms with E-state index in [0.29, 0.717) is 12.1 Å². The molecule has 0 bridgehead atoms. The third kappa shape index (κ3) is 1.63. The maximum Gasteiger partial charge on any atom is 0.311 e. The zero-order valence-electron chi connectivity index (χ0n) is 8.65. The second-order valence-corrected chi connectivity index (χ2v) is 3.47. The molecule has 16 heavy (non-hydrogen) atoms. The summed E-state index contributed by atoms with van der Waals surface area (Å²) in [7, 11) is 1.37. The highest BCUT2D eigenvalue weighted by Crippen LogP contribution is 2.31. The van der Waals surface area contributed by atoms with E-state index in [9.17, 15) is 14.9 Å². The van der Waals surface area contributed by atoms with Gasteiger partial charge in [0, 0.05) is 18.2 Å². The van der Waals surface area contributed by atoms with Gasteiger partial charge in [0.2, 0.25) is 0 Å². The molecule has 1 aromatic rings. The molecular weight excluding hydrogens is 212 g/mol. The molecule has 1 aliphatic heterocycles. The molecular formula is C10H10N2O4. The summed E-state index contributed by atoms with van der Waals surface area (Å²) in [5, 5.41) is 13.7. The lowest BCUT2D eigenvalue weighted by molar-refractivity contribution is -0.385. The van der Waals surface area contributed by atoms with Gasteiger partial charge in [0.1, 0.15) is 0 Å². The number of nitro groups is 1. The van der Waals surface area contributed by atoms with Crippen LogP contribution >= 0.6 is 0 Å². The van der Waals surface area contributed by atoms with Crippen molar-refractivity contribution in [3.05, 3.63) is 33.4 Å². The number of Topliss-reactive ketones (excluding diaryl/α,β-unsaturated/α-hetero) is 1. The molecule has 1 heterocycles. The van der Waals surface area contributed by atoms with E-state index in [-0.39, 0.29) is 23.8 Å². The van der Waals surface area contributed by atoms with Crippen molar-refractivity contribution in [1.82, 2.24) is 5.32 Å². The molecule has 0 aromatic heterocycles. The molecule has 84 valence electrons. The fraction of sp³-hybridized carbons (Fsp3) is 0.300. The zero-order chi connectivity index (χ0) is 11.7. The number of nitrogens with one attached hydrogen (secondary N) is 1. The lowest BCUT2D eigenvalue weighted by Crippen LogP contribution is -2.29. The van der Waals surface area contributed by atoms with E-state index in [2.05, 4.69) is 5.32 Å². The second-order valence-electron chi connectivity index (χ2n) is 3.47. The van der Waals surface area contributed by atoms with Crippen LogP contribution in [0.5, 0.6) is 5.75 Å². The van der Waals surface area contributed by atoms with E-state index in [1.165, 1.54) is 19.2 Å². The Morgan fingerprint density at radius 3 is 2.81 bits per heavy atom. The normalized spacial score (nSPS) is 14.4. The third-order valence-electron chi connectivity index (χ3n) is 2.50. The van der Waals surface area contributed by atoms with Gasteiger partial charge in [0.25, 0.3) is 0 Å². The number of carbonyl (C=O) groups excluding carboxylic acids is 1. The molecule has 1 aliphatic rings. The Balaban J connectivity index is 2.60. The number of carbonyl (C=O) groups is 1. The Labute approximate surface area is 91.4 Å². The molecule has 0 atom stereocenters. The molecule has 0 saturated heterocycles. The first-order valence-corrected chi connectivity index (χ1v) is 4.72. The molecule has 0 amide bonds. The van der Waals surface area contributed by atoms with Gasteiger partial charge in [-0.3, -0.25) is 14.9 Å². The molecule has 0 spiro atoms. The number of ketones is 1. The van der Waals surface area contributed by atoms with E-state index >= 15 is 0 Å². The van der Waals surface area contributed by atoms with Crippen LogP contribution in [-0.2, 0) is 6.54 Å². The maximum absolute atomic E-state index is 11.5. The summed E-state index contributed by atoms with van der Waals surface area (Å²) in [5.41, 5.74) is 0.974. The minimum absolute atomic E-state index is 0.132. The highest BCUT2D eigenvalue weighted by atomic mass is 16.6. The summed E-state index contributed by atoms with van der Waals surface area (Å²) >= 11 is 0. The van der Waals surface area contributed by atoms with Crippen LogP contribution in [0.3, 0.4) is 0 Å². The lowest BCUT2D eigenvalue weighted by atomic mass is 9.99. The zero-order valence-corrected chi connectivity index (χ0v) is 8.65. The van der Waals surface area contributed by atoms with Gasteiger partial charge in [0.05, 0.1) is 18.6 Å². The molecule has 0 radical (unpaired) electrons. The lowest BCUT2D eigenvalue weighted by Gasteiger charge is -2.16. The van der Waals surface area contributed by atoms with Gasteiger partial charge in [-0.25, -0.2) is 0 Å². The number of ether oxygens (including phenoxy) is 1. The van der Waals surface area contributed by atoms with Crippen LogP contribution in [0.15, 0.2) is 12.1 Å². The van der Waals surface area contributed by atoms with Crippen LogP contribution in [0.1, 0.15) is 15.9 Å². The minimum atomic E-state index is -0.547. The number of hydrogen-bond donors (Lipinski definition) is 1. The van der Waals surface area contributed by atoms with Gasteiger partial charge in [-0.1, -0.05) is 0 Å². The van der Waals surface area contributed by atoms with Crippen molar-refractivity contribution in [2.75, 3.05) is 13.7 Å². The molecule has 0 unspecified atom stereocenters. The van der Waals surface area contributed by atoms with E-state index in [1.54, 1.807) is 0 Å². The van der Waals surface area contributed by atoms with E-state index < -0.39 is 4.92 Å². The smallest absolute Gasteiger partial charge is 0.311 e. The quantitative estimate of drug-likeness (QED) is 0.593. The fourth-order valence-corrected chi connectivity index (χ4v) is 1.73. The van der Waals surface area contributed by atoms with Crippen LogP contribution in [0.25, 0.3) is 0 Å². The van der Waals surface area contributed by atoms with Crippen LogP contribution in [0.2, 0.25) is 0 Å². The molecule has 1 aromatic carbocycles. The number of benzene rings is 1. The van der Waals surface area contributed by atoms with Crippen molar-refractivity contribution in [2.24, 2.45) is 0 Å². The van der Waals surface area contributed by atoms with Gasteiger partial charge < -0.3 is 10.1 Å². The molecule has 6 nitrogen and oxygen atoms in total. The number of rotatable bonds is 2. The summed E-state index contributed by atoms with van der Waals surface area (Å²) in [6, 6.07) is 2.83. The Hall–Kier alpha value is -1.95. The third-order valence-corrected chi connectivity index (χ3v) is 2.50. The summed E-state index contributed by atoms with van der Waals surface area (Å²) in [4.78, 5) is 21.8. The minimum Gasteiger partial charge on any atom is -0.490 e. The molecule has 1 N–H and O–H groups in total. The van der Waals surface area contributed by atoms with Crippen LogP contribution in [0, 0.1) is 10.1 Å². The average Bonchev–Trinajstić information content (AvgIpc) is 2.27. The molecule has 2 rings (SSSR count). The van der Waals surface area contributed by atoms with E-state index in [0.717, 1.165) is 5.56 Å². The summed E-state index contributed by atoms with van der Waals surface area (Å²) in [6.45, 7) is 0.742. The topological polar surface area (TPSA) is 81.5 Å². The summed E-state index contributed by atoms with van der Waals surface area (Å²) in [6.07, 6.45) is 0. The van der Waals surface area contributed by atoms with Gasteiger partial charge in [-0.2, -0.15) is 0 Å². The van der Waals surface area contributed by atoms with Crippen molar-refractivity contribution in [2.45, 2.75) is 6.54 Å². The summed E-state index contributed by atoms with van der Waals surface area (Å²) in [5.74, 6) is 0.0484. The van der Waals surface area contributed by atoms with Crippen molar-refractivity contribution < 1.29 is 14.5 Å². The first-order valence-electron chi connectivity index (χ1n) is 4.72. The highest BCUT2D eigenvalue weighted by molar-refractivity contribution is 6.00. The van der Waals surface area contributed by atoms with Crippen LogP contribution in [-0.4, -0.2) is 24.4 Å². The SMILES string of the molecule is COc1cc2c(cc1[N+](=O)[O-])C(=O)CNC2. The first kappa shape index (κ1) is 10.6. The maximum atomic E-state index is 11.5. The summed E-state index contributed by atoms with van der Waals surface area (Å²) < 4.78 is 4.93. The van der Waals surface area contributed by atoms with E-state index in [4.69, 9.17) is 4.74 Å².